The average Bonchev–Trinajstić information content (AvgIpc) is 3.45. The molecule has 3 aromatic rings. The standard InChI is InChI=1S/C21H22N2O7S/c1-11-8-14(12(2)23(11)9-13-6-5-7-29-13)19(24)30-10-15-16(20(25)27-3)18(22)31-17(15)21(26)28-4/h5-8H,9-10,22H2,1-4H3. The average molecular weight is 446 g/mol. The second-order valence-electron chi connectivity index (χ2n) is 6.66. The van der Waals surface area contributed by atoms with Gasteiger partial charge in [0, 0.05) is 17.0 Å². The molecule has 164 valence electrons. The Morgan fingerprint density at radius 1 is 1.13 bits per heavy atom. The van der Waals surface area contributed by atoms with Gasteiger partial charge < -0.3 is 28.9 Å². The number of carbonyl (C=O) groups excluding carboxylic acids is 3. The van der Waals surface area contributed by atoms with E-state index in [4.69, 9.17) is 24.4 Å². The van der Waals surface area contributed by atoms with E-state index in [2.05, 4.69) is 0 Å². The van der Waals surface area contributed by atoms with E-state index in [0.29, 0.717) is 17.8 Å². The third kappa shape index (κ3) is 4.33. The van der Waals surface area contributed by atoms with E-state index in [1.807, 2.05) is 17.6 Å². The van der Waals surface area contributed by atoms with Gasteiger partial charge in [-0.15, -0.1) is 11.3 Å². The number of rotatable bonds is 7. The van der Waals surface area contributed by atoms with Gasteiger partial charge in [-0.05, 0) is 32.0 Å². The summed E-state index contributed by atoms with van der Waals surface area (Å²) >= 11 is 0.873. The minimum absolute atomic E-state index is 0.0102. The summed E-state index contributed by atoms with van der Waals surface area (Å²) in [4.78, 5) is 37.1. The molecule has 31 heavy (non-hydrogen) atoms. The highest BCUT2D eigenvalue weighted by atomic mass is 32.1. The zero-order chi connectivity index (χ0) is 22.7. The van der Waals surface area contributed by atoms with Crippen molar-refractivity contribution in [2.45, 2.75) is 27.0 Å². The van der Waals surface area contributed by atoms with Crippen molar-refractivity contribution in [2.75, 3.05) is 20.0 Å². The number of aromatic nitrogens is 1. The molecule has 0 amide bonds. The maximum Gasteiger partial charge on any atom is 0.348 e. The van der Waals surface area contributed by atoms with Crippen molar-refractivity contribution >= 4 is 34.2 Å². The highest BCUT2D eigenvalue weighted by Gasteiger charge is 2.28. The van der Waals surface area contributed by atoms with Crippen molar-refractivity contribution in [1.82, 2.24) is 4.57 Å². The van der Waals surface area contributed by atoms with Crippen LogP contribution in [0.25, 0.3) is 0 Å². The molecule has 3 aromatic heterocycles. The van der Waals surface area contributed by atoms with Gasteiger partial charge in [0.05, 0.1) is 32.6 Å². The fourth-order valence-corrected chi connectivity index (χ4v) is 4.21. The molecule has 0 fully saturated rings. The van der Waals surface area contributed by atoms with Crippen LogP contribution in [0.2, 0.25) is 0 Å². The summed E-state index contributed by atoms with van der Waals surface area (Å²) in [5.74, 6) is -1.27. The SMILES string of the molecule is COC(=O)c1sc(N)c(C(=O)OC)c1COC(=O)c1cc(C)n(Cc2ccco2)c1C. The smallest absolute Gasteiger partial charge is 0.348 e. The Labute approximate surface area is 182 Å². The first-order valence-electron chi connectivity index (χ1n) is 9.22. The molecule has 0 radical (unpaired) electrons. The molecule has 0 aliphatic heterocycles. The van der Waals surface area contributed by atoms with Gasteiger partial charge >= 0.3 is 17.9 Å². The summed E-state index contributed by atoms with van der Waals surface area (Å²) in [6, 6.07) is 5.36. The maximum absolute atomic E-state index is 12.8. The molecule has 0 saturated carbocycles. The quantitative estimate of drug-likeness (QED) is 0.433. The molecule has 0 aromatic carbocycles. The van der Waals surface area contributed by atoms with Gasteiger partial charge in [-0.1, -0.05) is 0 Å². The van der Waals surface area contributed by atoms with Crippen molar-refractivity contribution in [3.05, 3.63) is 63.2 Å². The van der Waals surface area contributed by atoms with Crippen molar-refractivity contribution in [1.29, 1.82) is 0 Å². The molecule has 3 rings (SSSR count). The normalized spacial score (nSPS) is 10.7. The molecule has 0 atom stereocenters. The maximum atomic E-state index is 12.8. The minimum Gasteiger partial charge on any atom is -0.467 e. The largest absolute Gasteiger partial charge is 0.467 e. The molecule has 0 saturated heterocycles. The molecule has 9 nitrogen and oxygen atoms in total. The number of furan rings is 1. The molecule has 0 aliphatic carbocycles. The van der Waals surface area contributed by atoms with Gasteiger partial charge in [-0.3, -0.25) is 0 Å². The monoisotopic (exact) mass is 446 g/mol. The Hall–Kier alpha value is -3.53. The third-order valence-electron chi connectivity index (χ3n) is 4.83. The number of methoxy groups -OCH3 is 2. The number of anilines is 1. The van der Waals surface area contributed by atoms with E-state index in [-0.39, 0.29) is 27.6 Å². The van der Waals surface area contributed by atoms with Crippen LogP contribution >= 0.6 is 11.3 Å². The van der Waals surface area contributed by atoms with Crippen molar-refractivity contribution in [3.63, 3.8) is 0 Å². The van der Waals surface area contributed by atoms with E-state index in [0.717, 1.165) is 22.8 Å². The van der Waals surface area contributed by atoms with E-state index in [1.54, 1.807) is 25.3 Å². The van der Waals surface area contributed by atoms with Crippen molar-refractivity contribution in [2.24, 2.45) is 0 Å². The number of nitrogens with two attached hydrogens (primary N) is 1. The highest BCUT2D eigenvalue weighted by molar-refractivity contribution is 7.18. The molecule has 3 heterocycles. The van der Waals surface area contributed by atoms with Crippen LogP contribution in [-0.2, 0) is 27.4 Å². The van der Waals surface area contributed by atoms with Crippen LogP contribution in [0.1, 0.15) is 53.1 Å². The lowest BCUT2D eigenvalue weighted by atomic mass is 10.1. The van der Waals surface area contributed by atoms with E-state index >= 15 is 0 Å². The Balaban J connectivity index is 1.86. The fourth-order valence-electron chi connectivity index (χ4n) is 3.23. The summed E-state index contributed by atoms with van der Waals surface area (Å²) in [5.41, 5.74) is 7.96. The zero-order valence-corrected chi connectivity index (χ0v) is 18.3. The van der Waals surface area contributed by atoms with Gasteiger partial charge in [-0.25, -0.2) is 14.4 Å². The van der Waals surface area contributed by atoms with E-state index in [1.165, 1.54) is 14.2 Å². The number of ether oxygens (including phenoxy) is 3. The lowest BCUT2D eigenvalue weighted by Crippen LogP contribution is -2.13. The minimum atomic E-state index is -0.730. The summed E-state index contributed by atoms with van der Waals surface area (Å²) < 4.78 is 22.2. The first kappa shape index (κ1) is 22.2. The Kier molecular flexibility index (Phi) is 6.50. The molecule has 0 bridgehead atoms. The van der Waals surface area contributed by atoms with Crippen LogP contribution in [0, 0.1) is 13.8 Å². The summed E-state index contributed by atoms with van der Waals surface area (Å²) in [7, 11) is 2.40. The predicted molar refractivity (Wildman–Crippen MR) is 112 cm³/mol. The number of thiophene rings is 1. The summed E-state index contributed by atoms with van der Waals surface area (Å²) in [6.07, 6.45) is 1.59. The van der Waals surface area contributed by atoms with Gasteiger partial charge in [0.2, 0.25) is 0 Å². The number of nitrogens with zero attached hydrogens (tertiary/aromatic N) is 1. The van der Waals surface area contributed by atoms with Crippen LogP contribution in [0.3, 0.4) is 0 Å². The van der Waals surface area contributed by atoms with Gasteiger partial charge in [0.1, 0.15) is 27.8 Å². The van der Waals surface area contributed by atoms with E-state index in [9.17, 15) is 14.4 Å². The second kappa shape index (κ2) is 9.09. The first-order chi connectivity index (χ1) is 14.8. The third-order valence-corrected chi connectivity index (χ3v) is 5.87. The molecule has 0 spiro atoms. The zero-order valence-electron chi connectivity index (χ0n) is 17.5. The predicted octanol–water partition coefficient (Wildman–Crippen LogP) is 3.32. The molecule has 2 N–H and O–H groups in total. The van der Waals surface area contributed by atoms with Crippen LogP contribution in [0.4, 0.5) is 5.00 Å². The van der Waals surface area contributed by atoms with Gasteiger partial charge in [-0.2, -0.15) is 0 Å². The topological polar surface area (TPSA) is 123 Å². The van der Waals surface area contributed by atoms with Crippen LogP contribution in [0.15, 0.2) is 28.9 Å². The fraction of sp³-hybridized carbons (Fsp3) is 0.286. The lowest BCUT2D eigenvalue weighted by molar-refractivity contribution is 0.0451. The molecule has 10 heteroatoms. The molecular weight excluding hydrogens is 424 g/mol. The number of nitrogen functional groups attached to an aromatic ring is 1. The summed E-state index contributed by atoms with van der Waals surface area (Å²) in [6.45, 7) is 3.80. The van der Waals surface area contributed by atoms with Crippen LogP contribution in [-0.4, -0.2) is 36.7 Å². The van der Waals surface area contributed by atoms with Gasteiger partial charge in [0.25, 0.3) is 0 Å². The molecule has 0 unspecified atom stereocenters. The van der Waals surface area contributed by atoms with Crippen LogP contribution < -0.4 is 5.73 Å². The Morgan fingerprint density at radius 2 is 1.84 bits per heavy atom. The van der Waals surface area contributed by atoms with Crippen LogP contribution in [0.5, 0.6) is 0 Å². The number of aryl methyl sites for hydroxylation is 1. The lowest BCUT2D eigenvalue weighted by Gasteiger charge is -2.09. The second-order valence-corrected chi connectivity index (χ2v) is 7.71. The number of carbonyl (C=O) groups is 3. The Morgan fingerprint density at radius 3 is 2.45 bits per heavy atom. The number of hydrogen-bond donors (Lipinski definition) is 1. The first-order valence-corrected chi connectivity index (χ1v) is 10.0. The number of hydrogen-bond acceptors (Lipinski definition) is 9. The Bertz CT molecular complexity index is 1130. The summed E-state index contributed by atoms with van der Waals surface area (Å²) in [5, 5.41) is 0.0786. The highest BCUT2D eigenvalue weighted by Crippen LogP contribution is 2.33. The molecular formula is C21H22N2O7S. The number of esters is 3. The van der Waals surface area contributed by atoms with Crippen molar-refractivity contribution < 1.29 is 33.0 Å². The molecule has 0 aliphatic rings. The van der Waals surface area contributed by atoms with Gasteiger partial charge in [0.15, 0.2) is 0 Å². The van der Waals surface area contributed by atoms with Crippen molar-refractivity contribution in [3.8, 4) is 0 Å². The van der Waals surface area contributed by atoms with E-state index < -0.39 is 17.9 Å².